The number of benzene rings is 2. The molecule has 3 aliphatic rings. The number of amides is 2. The van der Waals surface area contributed by atoms with Crippen molar-refractivity contribution in [2.24, 2.45) is 11.8 Å². The number of rotatable bonds is 1. The molecule has 4 atom stereocenters. The predicted molar refractivity (Wildman–Crippen MR) is 100 cm³/mol. The highest BCUT2D eigenvalue weighted by atomic mass is 35.5. The fourth-order valence-corrected chi connectivity index (χ4v) is 4.76. The van der Waals surface area contributed by atoms with E-state index in [1.54, 1.807) is 24.3 Å². The van der Waals surface area contributed by atoms with Crippen molar-refractivity contribution in [1.29, 1.82) is 5.26 Å². The summed E-state index contributed by atoms with van der Waals surface area (Å²) in [7, 11) is 0. The SMILES string of the molecule is N#C[C@@H]1[C@@H]2C(=O)N(c3cccc(Cl)c3)C(=O)[C@H]2[C@H]2c3ccccc3C=CN12. The molecule has 6 heteroatoms. The van der Waals surface area contributed by atoms with Gasteiger partial charge in [0, 0.05) is 11.2 Å². The van der Waals surface area contributed by atoms with Gasteiger partial charge in [-0.05, 0) is 35.4 Å². The molecule has 27 heavy (non-hydrogen) atoms. The number of carbonyl (C=O) groups excluding carboxylic acids is 2. The summed E-state index contributed by atoms with van der Waals surface area (Å²) in [5.74, 6) is -1.89. The second-order valence-corrected chi connectivity index (χ2v) is 7.39. The predicted octanol–water partition coefficient (Wildman–Crippen LogP) is 3.38. The van der Waals surface area contributed by atoms with Crippen molar-refractivity contribution >= 4 is 35.2 Å². The third-order valence-electron chi connectivity index (χ3n) is 5.66. The van der Waals surface area contributed by atoms with Crippen molar-refractivity contribution in [3.05, 3.63) is 70.9 Å². The molecule has 3 aliphatic heterocycles. The molecule has 2 fully saturated rings. The van der Waals surface area contributed by atoms with Crippen LogP contribution in [0.1, 0.15) is 17.2 Å². The Bertz CT molecular complexity index is 1060. The van der Waals surface area contributed by atoms with Crippen LogP contribution in [0.25, 0.3) is 6.08 Å². The Morgan fingerprint density at radius 1 is 1.00 bits per heavy atom. The number of fused-ring (bicyclic) bond motifs is 5. The van der Waals surface area contributed by atoms with Gasteiger partial charge in [0.1, 0.15) is 6.04 Å². The quantitative estimate of drug-likeness (QED) is 0.717. The summed E-state index contributed by atoms with van der Waals surface area (Å²) < 4.78 is 0. The number of hydrogen-bond donors (Lipinski definition) is 0. The fourth-order valence-electron chi connectivity index (χ4n) is 4.58. The van der Waals surface area contributed by atoms with Crippen LogP contribution in [0.15, 0.2) is 54.7 Å². The molecule has 132 valence electrons. The molecular weight excluding hydrogens is 362 g/mol. The highest BCUT2D eigenvalue weighted by Gasteiger charge is 2.63. The van der Waals surface area contributed by atoms with Crippen molar-refractivity contribution in [2.75, 3.05) is 4.90 Å². The first-order chi connectivity index (χ1) is 13.1. The maximum absolute atomic E-state index is 13.3. The molecule has 0 N–H and O–H groups in total. The number of nitrogens with zero attached hydrogens (tertiary/aromatic N) is 3. The van der Waals surface area contributed by atoms with Crippen LogP contribution in [0.4, 0.5) is 5.69 Å². The molecule has 2 saturated heterocycles. The van der Waals surface area contributed by atoms with Crippen LogP contribution >= 0.6 is 11.6 Å². The zero-order chi connectivity index (χ0) is 18.7. The lowest BCUT2D eigenvalue weighted by Crippen LogP contribution is -2.40. The van der Waals surface area contributed by atoms with E-state index in [4.69, 9.17) is 11.6 Å². The second kappa shape index (κ2) is 5.70. The first-order valence-electron chi connectivity index (χ1n) is 8.69. The molecule has 0 aliphatic carbocycles. The lowest BCUT2D eigenvalue weighted by Gasteiger charge is -2.33. The number of carbonyl (C=O) groups is 2. The van der Waals surface area contributed by atoms with Crippen LogP contribution in [0.3, 0.4) is 0 Å². The molecule has 2 amide bonds. The highest BCUT2D eigenvalue weighted by molar-refractivity contribution is 6.31. The molecule has 0 radical (unpaired) electrons. The van der Waals surface area contributed by atoms with E-state index in [1.165, 1.54) is 4.90 Å². The third-order valence-corrected chi connectivity index (χ3v) is 5.90. The number of nitriles is 1. The van der Waals surface area contributed by atoms with Gasteiger partial charge in [-0.2, -0.15) is 5.26 Å². The monoisotopic (exact) mass is 375 g/mol. The molecule has 5 rings (SSSR count). The van der Waals surface area contributed by atoms with E-state index in [2.05, 4.69) is 6.07 Å². The van der Waals surface area contributed by atoms with Crippen molar-refractivity contribution < 1.29 is 9.59 Å². The van der Waals surface area contributed by atoms with E-state index in [-0.39, 0.29) is 17.9 Å². The summed E-state index contributed by atoms with van der Waals surface area (Å²) in [5, 5.41) is 10.2. The van der Waals surface area contributed by atoms with Crippen LogP contribution < -0.4 is 4.90 Å². The zero-order valence-corrected chi connectivity index (χ0v) is 14.9. The summed E-state index contributed by atoms with van der Waals surface area (Å²) in [4.78, 5) is 29.6. The minimum absolute atomic E-state index is 0.273. The molecule has 0 spiro atoms. The lowest BCUT2D eigenvalue weighted by molar-refractivity contribution is -0.123. The smallest absolute Gasteiger partial charge is 0.240 e. The fraction of sp³-hybridized carbons (Fsp3) is 0.190. The Balaban J connectivity index is 1.65. The maximum atomic E-state index is 13.3. The lowest BCUT2D eigenvalue weighted by atomic mass is 9.85. The van der Waals surface area contributed by atoms with E-state index in [0.29, 0.717) is 10.7 Å². The number of imide groups is 1. The van der Waals surface area contributed by atoms with Crippen LogP contribution in [-0.2, 0) is 9.59 Å². The second-order valence-electron chi connectivity index (χ2n) is 6.95. The minimum atomic E-state index is -0.692. The molecule has 5 nitrogen and oxygen atoms in total. The van der Waals surface area contributed by atoms with Gasteiger partial charge in [0.2, 0.25) is 11.8 Å². The van der Waals surface area contributed by atoms with E-state index in [0.717, 1.165) is 11.1 Å². The Morgan fingerprint density at radius 2 is 1.78 bits per heavy atom. The van der Waals surface area contributed by atoms with Crippen LogP contribution in [0.2, 0.25) is 5.02 Å². The van der Waals surface area contributed by atoms with Gasteiger partial charge in [0.05, 0.1) is 29.6 Å². The number of hydrogen-bond acceptors (Lipinski definition) is 4. The number of halogens is 1. The average molecular weight is 376 g/mol. The Morgan fingerprint density at radius 3 is 2.56 bits per heavy atom. The van der Waals surface area contributed by atoms with Gasteiger partial charge in [0.25, 0.3) is 0 Å². The third kappa shape index (κ3) is 2.11. The van der Waals surface area contributed by atoms with Crippen LogP contribution in [0, 0.1) is 23.2 Å². The van der Waals surface area contributed by atoms with E-state index < -0.39 is 17.9 Å². The Kier molecular flexibility index (Phi) is 3.40. The summed E-state index contributed by atoms with van der Waals surface area (Å²) >= 11 is 6.05. The van der Waals surface area contributed by atoms with E-state index >= 15 is 0 Å². The summed E-state index contributed by atoms with van der Waals surface area (Å²) in [6, 6.07) is 15.8. The minimum Gasteiger partial charge on any atom is -0.353 e. The van der Waals surface area contributed by atoms with Crippen LogP contribution in [-0.4, -0.2) is 22.8 Å². The van der Waals surface area contributed by atoms with Crippen molar-refractivity contribution in [3.8, 4) is 6.07 Å². The maximum Gasteiger partial charge on any atom is 0.240 e. The van der Waals surface area contributed by atoms with Crippen molar-refractivity contribution in [3.63, 3.8) is 0 Å². The van der Waals surface area contributed by atoms with Gasteiger partial charge in [0.15, 0.2) is 0 Å². The first-order valence-corrected chi connectivity index (χ1v) is 9.07. The highest BCUT2D eigenvalue weighted by Crippen LogP contribution is 2.52. The Hall–Kier alpha value is -3.10. The molecule has 2 aromatic rings. The average Bonchev–Trinajstić information content (AvgIpc) is 3.14. The molecular formula is C21H14ClN3O2. The summed E-state index contributed by atoms with van der Waals surface area (Å²) in [6.45, 7) is 0. The van der Waals surface area contributed by atoms with Crippen molar-refractivity contribution in [2.45, 2.75) is 12.1 Å². The van der Waals surface area contributed by atoms with Gasteiger partial charge < -0.3 is 4.90 Å². The van der Waals surface area contributed by atoms with E-state index in [9.17, 15) is 14.9 Å². The van der Waals surface area contributed by atoms with Gasteiger partial charge in [-0.25, -0.2) is 4.90 Å². The van der Waals surface area contributed by atoms with Crippen molar-refractivity contribution in [1.82, 2.24) is 4.90 Å². The van der Waals surface area contributed by atoms with Gasteiger partial charge in [-0.15, -0.1) is 0 Å². The molecule has 0 saturated carbocycles. The molecule has 0 bridgehead atoms. The Labute approximate surface area is 161 Å². The summed E-state index contributed by atoms with van der Waals surface area (Å²) in [5.41, 5.74) is 2.44. The molecule has 0 aromatic heterocycles. The van der Waals surface area contributed by atoms with Gasteiger partial charge in [-0.3, -0.25) is 9.59 Å². The normalized spacial score (nSPS) is 28.0. The first kappa shape index (κ1) is 16.1. The molecule has 3 heterocycles. The standard InChI is InChI=1S/C21H14ClN3O2/c22-13-5-3-6-14(10-13)25-20(26)17-16(11-23)24-9-8-12-4-1-2-7-15(12)19(24)18(17)21(25)27/h1-10,16-19H/t16-,17+,18-,19-/m1/s1. The van der Waals surface area contributed by atoms with E-state index in [1.807, 2.05) is 41.4 Å². The number of anilines is 1. The van der Waals surface area contributed by atoms with Gasteiger partial charge in [-0.1, -0.05) is 41.9 Å². The summed E-state index contributed by atoms with van der Waals surface area (Å²) in [6.07, 6.45) is 3.77. The largest absolute Gasteiger partial charge is 0.353 e. The molecule has 2 aromatic carbocycles. The topological polar surface area (TPSA) is 64.4 Å². The van der Waals surface area contributed by atoms with Gasteiger partial charge >= 0.3 is 0 Å². The zero-order valence-electron chi connectivity index (χ0n) is 14.1. The van der Waals surface area contributed by atoms with Crippen LogP contribution in [0.5, 0.6) is 0 Å². The molecule has 0 unspecified atom stereocenters.